The third kappa shape index (κ3) is 3.94. The average Bonchev–Trinajstić information content (AvgIpc) is 3.06. The summed E-state index contributed by atoms with van der Waals surface area (Å²) in [4.78, 5) is 14.7. The Morgan fingerprint density at radius 1 is 1.28 bits per heavy atom. The maximum absolute atomic E-state index is 12.9. The molecule has 2 amide bonds. The molecule has 0 saturated carbocycles. The number of carbonyl (C=O) groups is 1. The number of aliphatic hydroxyl groups excluding tert-OH is 1. The van der Waals surface area contributed by atoms with Crippen molar-refractivity contribution in [3.05, 3.63) is 59.7 Å². The summed E-state index contributed by atoms with van der Waals surface area (Å²) in [6, 6.07) is 15.5. The molecule has 0 unspecified atom stereocenters. The van der Waals surface area contributed by atoms with E-state index in [4.69, 9.17) is 4.74 Å². The Morgan fingerprint density at radius 3 is 2.92 bits per heavy atom. The molecule has 2 aromatic rings. The zero-order valence-electron chi connectivity index (χ0n) is 14.4. The molecule has 5 nitrogen and oxygen atoms in total. The molecule has 0 aliphatic heterocycles. The van der Waals surface area contributed by atoms with Gasteiger partial charge >= 0.3 is 6.03 Å². The van der Waals surface area contributed by atoms with Crippen LogP contribution in [0.25, 0.3) is 0 Å². The van der Waals surface area contributed by atoms with Gasteiger partial charge in [0.2, 0.25) is 0 Å². The van der Waals surface area contributed by atoms with Crippen LogP contribution in [0.1, 0.15) is 30.0 Å². The molecular weight excluding hydrogens is 316 g/mol. The van der Waals surface area contributed by atoms with Crippen molar-refractivity contribution in [1.29, 1.82) is 0 Å². The van der Waals surface area contributed by atoms with E-state index in [2.05, 4.69) is 17.4 Å². The fraction of sp³-hybridized carbons (Fsp3) is 0.350. The first-order valence-corrected chi connectivity index (χ1v) is 8.63. The zero-order valence-corrected chi connectivity index (χ0v) is 14.4. The van der Waals surface area contributed by atoms with Crippen LogP contribution in [0.3, 0.4) is 0 Å². The van der Waals surface area contributed by atoms with E-state index < -0.39 is 0 Å². The van der Waals surface area contributed by atoms with Crippen LogP contribution >= 0.6 is 0 Å². The first-order valence-electron chi connectivity index (χ1n) is 8.63. The summed E-state index contributed by atoms with van der Waals surface area (Å²) in [6.07, 6.45) is 2.45. The van der Waals surface area contributed by atoms with Crippen molar-refractivity contribution in [3.63, 3.8) is 0 Å². The second kappa shape index (κ2) is 8.03. The number of hydrogen-bond acceptors (Lipinski definition) is 3. The number of rotatable bonds is 6. The van der Waals surface area contributed by atoms with Crippen LogP contribution in [0, 0.1) is 0 Å². The molecule has 1 atom stereocenters. The highest BCUT2D eigenvalue weighted by molar-refractivity contribution is 5.90. The lowest BCUT2D eigenvalue weighted by Gasteiger charge is -2.30. The number of urea groups is 1. The maximum Gasteiger partial charge on any atom is 0.322 e. The molecule has 0 aromatic heterocycles. The SMILES string of the molecule is COc1cccc(NC(=O)N(CCCO)[C@H]2CCc3ccccc32)c1. The van der Waals surface area contributed by atoms with Crippen LogP contribution in [-0.4, -0.2) is 36.3 Å². The molecule has 0 fully saturated rings. The van der Waals surface area contributed by atoms with E-state index >= 15 is 0 Å². The Hall–Kier alpha value is -2.53. The molecule has 1 aliphatic carbocycles. The number of hydrogen-bond donors (Lipinski definition) is 2. The Labute approximate surface area is 148 Å². The van der Waals surface area contributed by atoms with Gasteiger partial charge in [-0.25, -0.2) is 4.79 Å². The van der Waals surface area contributed by atoms with Crippen molar-refractivity contribution in [2.75, 3.05) is 25.6 Å². The van der Waals surface area contributed by atoms with Crippen molar-refractivity contribution in [2.45, 2.75) is 25.3 Å². The summed E-state index contributed by atoms with van der Waals surface area (Å²) in [5, 5.41) is 12.2. The summed E-state index contributed by atoms with van der Waals surface area (Å²) in [5.41, 5.74) is 3.21. The molecule has 25 heavy (non-hydrogen) atoms. The Bertz CT molecular complexity index is 732. The second-order valence-corrected chi connectivity index (χ2v) is 6.19. The number of ether oxygens (including phenoxy) is 1. The van der Waals surface area contributed by atoms with Gasteiger partial charge in [0.1, 0.15) is 5.75 Å². The minimum Gasteiger partial charge on any atom is -0.497 e. The van der Waals surface area contributed by atoms with Crippen LogP contribution < -0.4 is 10.1 Å². The summed E-state index contributed by atoms with van der Waals surface area (Å²) in [6.45, 7) is 0.586. The van der Waals surface area contributed by atoms with E-state index in [9.17, 15) is 9.90 Å². The standard InChI is InChI=1S/C20H24N2O3/c1-25-17-8-4-7-16(14-17)21-20(24)22(12-5-13-23)19-11-10-15-6-2-3-9-18(15)19/h2-4,6-9,14,19,23H,5,10-13H2,1H3,(H,21,24)/t19-/m0/s1. The van der Waals surface area contributed by atoms with Crippen molar-refractivity contribution in [2.24, 2.45) is 0 Å². The monoisotopic (exact) mass is 340 g/mol. The minimum absolute atomic E-state index is 0.0494. The lowest BCUT2D eigenvalue weighted by Crippen LogP contribution is -2.38. The Kier molecular flexibility index (Phi) is 5.56. The molecule has 0 bridgehead atoms. The van der Waals surface area contributed by atoms with Gasteiger partial charge in [-0.3, -0.25) is 0 Å². The number of amides is 2. The molecule has 2 N–H and O–H groups in total. The third-order valence-corrected chi connectivity index (χ3v) is 4.62. The quantitative estimate of drug-likeness (QED) is 0.844. The molecule has 0 saturated heterocycles. The van der Waals surface area contributed by atoms with Crippen LogP contribution in [0.2, 0.25) is 0 Å². The maximum atomic E-state index is 12.9. The van der Waals surface area contributed by atoms with Gasteiger partial charge in [-0.2, -0.15) is 0 Å². The predicted octanol–water partition coefficient (Wildman–Crippen LogP) is 3.60. The van der Waals surface area contributed by atoms with Gasteiger partial charge in [0, 0.05) is 24.9 Å². The number of methoxy groups -OCH3 is 1. The van der Waals surface area contributed by atoms with Gasteiger partial charge in [-0.15, -0.1) is 0 Å². The fourth-order valence-corrected chi connectivity index (χ4v) is 3.39. The molecular formula is C20H24N2O3. The molecule has 5 heteroatoms. The second-order valence-electron chi connectivity index (χ2n) is 6.19. The predicted molar refractivity (Wildman–Crippen MR) is 97.9 cm³/mol. The van der Waals surface area contributed by atoms with E-state index in [0.29, 0.717) is 24.4 Å². The number of aryl methyl sites for hydroxylation is 1. The van der Waals surface area contributed by atoms with E-state index in [0.717, 1.165) is 12.8 Å². The van der Waals surface area contributed by atoms with Gasteiger partial charge in [0.25, 0.3) is 0 Å². The highest BCUT2D eigenvalue weighted by Gasteiger charge is 2.30. The van der Waals surface area contributed by atoms with E-state index in [1.165, 1.54) is 11.1 Å². The Morgan fingerprint density at radius 2 is 2.12 bits per heavy atom. The van der Waals surface area contributed by atoms with Gasteiger partial charge in [0.15, 0.2) is 0 Å². The molecule has 3 rings (SSSR count). The largest absolute Gasteiger partial charge is 0.497 e. The number of benzene rings is 2. The van der Waals surface area contributed by atoms with Crippen molar-refractivity contribution in [1.82, 2.24) is 4.90 Å². The molecule has 0 heterocycles. The molecule has 0 radical (unpaired) electrons. The van der Waals surface area contributed by atoms with Crippen LogP contribution in [0.5, 0.6) is 5.75 Å². The Balaban J connectivity index is 1.79. The highest BCUT2D eigenvalue weighted by Crippen LogP contribution is 2.36. The van der Waals surface area contributed by atoms with E-state index in [1.54, 1.807) is 13.2 Å². The van der Waals surface area contributed by atoms with Crippen molar-refractivity contribution in [3.8, 4) is 5.75 Å². The number of aliphatic hydroxyl groups is 1. The molecule has 0 spiro atoms. The van der Waals surface area contributed by atoms with E-state index in [1.807, 2.05) is 35.2 Å². The first-order chi connectivity index (χ1) is 12.2. The summed E-state index contributed by atoms with van der Waals surface area (Å²) >= 11 is 0. The van der Waals surface area contributed by atoms with E-state index in [-0.39, 0.29) is 18.7 Å². The molecule has 132 valence electrons. The first kappa shape index (κ1) is 17.3. The van der Waals surface area contributed by atoms with Gasteiger partial charge in [-0.05, 0) is 42.5 Å². The zero-order chi connectivity index (χ0) is 17.6. The normalized spacial score (nSPS) is 15.5. The lowest BCUT2D eigenvalue weighted by atomic mass is 10.1. The van der Waals surface area contributed by atoms with Crippen LogP contribution in [0.15, 0.2) is 48.5 Å². The average molecular weight is 340 g/mol. The third-order valence-electron chi connectivity index (χ3n) is 4.62. The van der Waals surface area contributed by atoms with Gasteiger partial charge in [-0.1, -0.05) is 30.3 Å². The van der Waals surface area contributed by atoms with Crippen molar-refractivity contribution < 1.29 is 14.6 Å². The number of nitrogens with one attached hydrogen (secondary N) is 1. The van der Waals surface area contributed by atoms with Gasteiger partial charge in [0.05, 0.1) is 13.2 Å². The summed E-state index contributed by atoms with van der Waals surface area (Å²) in [7, 11) is 1.60. The number of carbonyl (C=O) groups excluding carboxylic acids is 1. The summed E-state index contributed by atoms with van der Waals surface area (Å²) in [5.74, 6) is 0.700. The van der Waals surface area contributed by atoms with Crippen LogP contribution in [0.4, 0.5) is 10.5 Å². The molecule has 2 aromatic carbocycles. The number of nitrogens with zero attached hydrogens (tertiary/aromatic N) is 1. The number of anilines is 1. The minimum atomic E-state index is -0.150. The number of fused-ring (bicyclic) bond motifs is 1. The van der Waals surface area contributed by atoms with Crippen LogP contribution in [-0.2, 0) is 6.42 Å². The lowest BCUT2D eigenvalue weighted by molar-refractivity contribution is 0.177. The smallest absolute Gasteiger partial charge is 0.322 e. The topological polar surface area (TPSA) is 61.8 Å². The summed E-state index contributed by atoms with van der Waals surface area (Å²) < 4.78 is 5.21. The molecule has 1 aliphatic rings. The fourth-order valence-electron chi connectivity index (χ4n) is 3.39. The van der Waals surface area contributed by atoms with Gasteiger partial charge < -0.3 is 20.1 Å². The van der Waals surface area contributed by atoms with Crippen molar-refractivity contribution >= 4 is 11.7 Å². The highest BCUT2D eigenvalue weighted by atomic mass is 16.5.